The topological polar surface area (TPSA) is 84.2 Å². The molecule has 2 fully saturated rings. The Morgan fingerprint density at radius 1 is 1.11 bits per heavy atom. The van der Waals surface area contributed by atoms with Crippen molar-refractivity contribution in [1.82, 2.24) is 25.3 Å². The van der Waals surface area contributed by atoms with Crippen molar-refractivity contribution in [3.05, 3.63) is 30.4 Å². The first-order chi connectivity index (χ1) is 13.3. The van der Waals surface area contributed by atoms with Gasteiger partial charge in [-0.1, -0.05) is 37.3 Å². The first-order valence-corrected chi connectivity index (χ1v) is 10.1. The molecule has 1 aliphatic heterocycles. The van der Waals surface area contributed by atoms with Gasteiger partial charge in [0.05, 0.1) is 0 Å². The van der Waals surface area contributed by atoms with Crippen molar-refractivity contribution >= 4 is 6.03 Å². The number of nitrogens with zero attached hydrogens (tertiary/aromatic N) is 4. The van der Waals surface area contributed by atoms with E-state index in [1.165, 1.54) is 19.3 Å². The molecular formula is C20H27N5O2. The molecule has 1 N–H and O–H groups in total. The summed E-state index contributed by atoms with van der Waals surface area (Å²) in [5.74, 6) is 1.05. The van der Waals surface area contributed by atoms with E-state index in [9.17, 15) is 4.79 Å². The lowest BCUT2D eigenvalue weighted by atomic mass is 9.96. The maximum absolute atomic E-state index is 13.0. The minimum Gasteiger partial charge on any atom is -0.337 e. The fourth-order valence-electron chi connectivity index (χ4n) is 4.10. The van der Waals surface area contributed by atoms with Gasteiger partial charge in [0.15, 0.2) is 0 Å². The van der Waals surface area contributed by atoms with Crippen molar-refractivity contribution < 1.29 is 9.32 Å². The standard InChI is InChI=1S/C20H27N5O2/c26-20(22-16-9-3-1-4-10-16)25-13-6-2-5-11-17(25)19-23-18(24-27-19)15-8-7-12-21-14-15/h7-8,12,14,16-17H,1-6,9-11,13H2,(H,22,26). The van der Waals surface area contributed by atoms with Gasteiger partial charge in [-0.3, -0.25) is 4.98 Å². The van der Waals surface area contributed by atoms with Crippen LogP contribution < -0.4 is 5.32 Å². The summed E-state index contributed by atoms with van der Waals surface area (Å²) in [5.41, 5.74) is 0.819. The molecule has 1 saturated heterocycles. The second kappa shape index (κ2) is 8.50. The van der Waals surface area contributed by atoms with Gasteiger partial charge in [-0.25, -0.2) is 4.79 Å². The molecule has 27 heavy (non-hydrogen) atoms. The van der Waals surface area contributed by atoms with Crippen LogP contribution in [0, 0.1) is 0 Å². The van der Waals surface area contributed by atoms with Crippen molar-refractivity contribution in [2.45, 2.75) is 69.9 Å². The number of hydrogen-bond acceptors (Lipinski definition) is 5. The Morgan fingerprint density at radius 3 is 2.74 bits per heavy atom. The summed E-state index contributed by atoms with van der Waals surface area (Å²) in [5, 5.41) is 7.36. The monoisotopic (exact) mass is 369 g/mol. The third-order valence-electron chi connectivity index (χ3n) is 5.59. The van der Waals surface area contributed by atoms with E-state index < -0.39 is 0 Å². The van der Waals surface area contributed by atoms with Gasteiger partial charge >= 0.3 is 6.03 Å². The minimum atomic E-state index is -0.158. The zero-order valence-electron chi connectivity index (χ0n) is 15.6. The van der Waals surface area contributed by atoms with Crippen LogP contribution in [0.3, 0.4) is 0 Å². The van der Waals surface area contributed by atoms with Crippen LogP contribution in [0.4, 0.5) is 4.79 Å². The lowest BCUT2D eigenvalue weighted by molar-refractivity contribution is 0.153. The van der Waals surface area contributed by atoms with Crippen molar-refractivity contribution in [2.24, 2.45) is 0 Å². The van der Waals surface area contributed by atoms with E-state index in [1.807, 2.05) is 17.0 Å². The van der Waals surface area contributed by atoms with E-state index in [2.05, 4.69) is 20.4 Å². The maximum atomic E-state index is 13.0. The average molecular weight is 369 g/mol. The summed E-state index contributed by atoms with van der Waals surface area (Å²) in [6, 6.07) is 3.90. The van der Waals surface area contributed by atoms with Crippen molar-refractivity contribution in [3.63, 3.8) is 0 Å². The van der Waals surface area contributed by atoms with E-state index in [4.69, 9.17) is 4.52 Å². The number of urea groups is 1. The van der Waals surface area contributed by atoms with Gasteiger partial charge in [0.2, 0.25) is 11.7 Å². The van der Waals surface area contributed by atoms with E-state index >= 15 is 0 Å². The molecule has 0 spiro atoms. The molecule has 2 aromatic heterocycles. The summed E-state index contributed by atoms with van der Waals surface area (Å²) in [6.45, 7) is 0.730. The van der Waals surface area contributed by atoms with Gasteiger partial charge in [0.1, 0.15) is 6.04 Å². The molecule has 3 heterocycles. The summed E-state index contributed by atoms with van der Waals surface area (Å²) in [7, 11) is 0. The Labute approximate surface area is 159 Å². The van der Waals surface area contributed by atoms with E-state index in [-0.39, 0.29) is 12.1 Å². The van der Waals surface area contributed by atoms with Crippen molar-refractivity contribution in [3.8, 4) is 11.4 Å². The minimum absolute atomic E-state index is 0.00919. The Hall–Kier alpha value is -2.44. The average Bonchev–Trinajstić information content (AvgIpc) is 3.07. The number of nitrogens with one attached hydrogen (secondary N) is 1. The number of likely N-dealkylation sites (tertiary alicyclic amines) is 1. The second-order valence-electron chi connectivity index (χ2n) is 7.54. The highest BCUT2D eigenvalue weighted by molar-refractivity contribution is 5.75. The smallest absolute Gasteiger partial charge is 0.318 e. The first-order valence-electron chi connectivity index (χ1n) is 10.1. The summed E-state index contributed by atoms with van der Waals surface area (Å²) in [6.07, 6.45) is 13.3. The number of hydrogen-bond donors (Lipinski definition) is 1. The highest BCUT2D eigenvalue weighted by atomic mass is 16.5. The number of amides is 2. The van der Waals surface area contributed by atoms with Crippen LogP contribution >= 0.6 is 0 Å². The molecule has 1 saturated carbocycles. The van der Waals surface area contributed by atoms with Crippen LogP contribution in [-0.4, -0.2) is 38.6 Å². The van der Waals surface area contributed by atoms with Gasteiger partial charge in [0.25, 0.3) is 0 Å². The number of pyridine rings is 1. The molecule has 1 unspecified atom stereocenters. The highest BCUT2D eigenvalue weighted by Crippen LogP contribution is 2.31. The zero-order chi connectivity index (χ0) is 18.5. The number of rotatable bonds is 3. The fraction of sp³-hybridized carbons (Fsp3) is 0.600. The largest absolute Gasteiger partial charge is 0.337 e. The number of aromatic nitrogens is 3. The van der Waals surface area contributed by atoms with Crippen molar-refractivity contribution in [2.75, 3.05) is 6.54 Å². The van der Waals surface area contributed by atoms with Gasteiger partial charge < -0.3 is 14.7 Å². The predicted molar refractivity (Wildman–Crippen MR) is 101 cm³/mol. The molecule has 7 nitrogen and oxygen atoms in total. The summed E-state index contributed by atoms with van der Waals surface area (Å²) < 4.78 is 5.57. The second-order valence-corrected chi connectivity index (χ2v) is 7.54. The van der Waals surface area contributed by atoms with Crippen LogP contribution in [0.1, 0.15) is 69.7 Å². The van der Waals surface area contributed by atoms with Gasteiger partial charge in [-0.05, 0) is 37.8 Å². The van der Waals surface area contributed by atoms with Crippen LogP contribution in [0.25, 0.3) is 11.4 Å². The molecule has 144 valence electrons. The van der Waals surface area contributed by atoms with Crippen LogP contribution in [0.2, 0.25) is 0 Å². The fourth-order valence-corrected chi connectivity index (χ4v) is 4.10. The number of carbonyl (C=O) groups excluding carboxylic acids is 1. The van der Waals surface area contributed by atoms with E-state index in [1.54, 1.807) is 12.4 Å². The Morgan fingerprint density at radius 2 is 1.93 bits per heavy atom. The predicted octanol–water partition coefficient (Wildman–Crippen LogP) is 4.09. The van der Waals surface area contributed by atoms with Crippen LogP contribution in [-0.2, 0) is 0 Å². The molecule has 1 atom stereocenters. The lowest BCUT2D eigenvalue weighted by Crippen LogP contribution is -2.47. The molecule has 7 heteroatoms. The molecule has 4 rings (SSSR count). The molecule has 0 bridgehead atoms. The van der Waals surface area contributed by atoms with Gasteiger partial charge in [-0.15, -0.1) is 0 Å². The number of carbonyl (C=O) groups is 1. The first kappa shape index (κ1) is 17.9. The lowest BCUT2D eigenvalue weighted by Gasteiger charge is -2.31. The third kappa shape index (κ3) is 4.28. The van der Waals surface area contributed by atoms with Gasteiger partial charge in [-0.2, -0.15) is 4.98 Å². The molecule has 2 aliphatic rings. The molecule has 2 aromatic rings. The zero-order valence-corrected chi connectivity index (χ0v) is 15.6. The molecular weight excluding hydrogens is 342 g/mol. The van der Waals surface area contributed by atoms with Gasteiger partial charge in [0, 0.05) is 30.5 Å². The van der Waals surface area contributed by atoms with Crippen molar-refractivity contribution in [1.29, 1.82) is 0 Å². The Balaban J connectivity index is 1.51. The van der Waals surface area contributed by atoms with Crippen LogP contribution in [0.15, 0.2) is 29.0 Å². The Bertz CT molecular complexity index is 742. The third-order valence-corrected chi connectivity index (χ3v) is 5.59. The van der Waals surface area contributed by atoms with E-state index in [0.717, 1.165) is 50.6 Å². The Kier molecular flexibility index (Phi) is 5.65. The van der Waals surface area contributed by atoms with E-state index in [0.29, 0.717) is 17.8 Å². The highest BCUT2D eigenvalue weighted by Gasteiger charge is 2.32. The molecule has 2 amide bonds. The molecule has 1 aliphatic carbocycles. The normalized spacial score (nSPS) is 21.6. The summed E-state index contributed by atoms with van der Waals surface area (Å²) >= 11 is 0. The summed E-state index contributed by atoms with van der Waals surface area (Å²) in [4.78, 5) is 23.6. The molecule has 0 aromatic carbocycles. The van der Waals surface area contributed by atoms with Crippen LogP contribution in [0.5, 0.6) is 0 Å². The quantitative estimate of drug-likeness (QED) is 0.881. The maximum Gasteiger partial charge on any atom is 0.318 e. The molecule has 0 radical (unpaired) electrons. The SMILES string of the molecule is O=C(NC1CCCCC1)N1CCCCCC1c1nc(-c2cccnc2)no1.